The van der Waals surface area contributed by atoms with Crippen LogP contribution in [0, 0.1) is 6.92 Å². The molecule has 1 amide bonds. The number of carbonyl (C=O) groups excluding carboxylic acids is 1. The quantitative estimate of drug-likeness (QED) is 0.482. The Morgan fingerprint density at radius 1 is 1.17 bits per heavy atom. The lowest BCUT2D eigenvalue weighted by atomic mass is 10.1. The van der Waals surface area contributed by atoms with Gasteiger partial charge in [0.05, 0.1) is 51.0 Å². The minimum absolute atomic E-state index is 0.233. The van der Waals surface area contributed by atoms with Gasteiger partial charge in [-0.2, -0.15) is 5.10 Å². The summed E-state index contributed by atoms with van der Waals surface area (Å²) >= 11 is 1.58. The highest BCUT2D eigenvalue weighted by molar-refractivity contribution is 7.13. The van der Waals surface area contributed by atoms with Crippen LogP contribution in [0.2, 0.25) is 0 Å². The number of amides is 1. The molecular weight excluding hydrogens is 398 g/mol. The third-order valence-electron chi connectivity index (χ3n) is 4.81. The van der Waals surface area contributed by atoms with Crippen molar-refractivity contribution in [3.63, 3.8) is 0 Å². The molecular formula is C21H17N7OS. The van der Waals surface area contributed by atoms with E-state index in [2.05, 4.69) is 20.7 Å². The average Bonchev–Trinajstić information content (AvgIpc) is 3.50. The van der Waals surface area contributed by atoms with Gasteiger partial charge in [0.15, 0.2) is 5.65 Å². The van der Waals surface area contributed by atoms with E-state index in [0.717, 1.165) is 27.3 Å². The van der Waals surface area contributed by atoms with E-state index >= 15 is 0 Å². The number of carbonyl (C=O) groups is 1. The summed E-state index contributed by atoms with van der Waals surface area (Å²) in [4.78, 5) is 19.2. The van der Waals surface area contributed by atoms with Gasteiger partial charge in [-0.1, -0.05) is 23.4 Å². The maximum atomic E-state index is 13.4. The Labute approximate surface area is 175 Å². The van der Waals surface area contributed by atoms with Crippen molar-refractivity contribution in [3.8, 4) is 16.3 Å². The molecule has 0 saturated carbocycles. The van der Waals surface area contributed by atoms with Crippen molar-refractivity contribution in [2.45, 2.75) is 6.92 Å². The highest BCUT2D eigenvalue weighted by atomic mass is 32.1. The molecule has 0 radical (unpaired) electrons. The largest absolute Gasteiger partial charge is 0.320 e. The number of pyridine rings is 1. The van der Waals surface area contributed by atoms with E-state index in [1.807, 2.05) is 61.8 Å². The fraction of sp³-hybridized carbons (Fsp3) is 0.0952. The molecule has 0 atom stereocenters. The molecule has 1 N–H and O–H groups in total. The number of fused-ring (bicyclic) bond motifs is 1. The molecule has 30 heavy (non-hydrogen) atoms. The number of rotatable bonds is 4. The van der Waals surface area contributed by atoms with E-state index < -0.39 is 0 Å². The maximum Gasteiger partial charge on any atom is 0.256 e. The van der Waals surface area contributed by atoms with Crippen molar-refractivity contribution >= 4 is 34.0 Å². The van der Waals surface area contributed by atoms with Gasteiger partial charge in [0, 0.05) is 7.05 Å². The molecule has 0 saturated heterocycles. The van der Waals surface area contributed by atoms with E-state index in [1.165, 1.54) is 0 Å². The predicted molar refractivity (Wildman–Crippen MR) is 116 cm³/mol. The Morgan fingerprint density at radius 3 is 2.80 bits per heavy atom. The molecule has 5 rings (SSSR count). The molecule has 0 spiro atoms. The van der Waals surface area contributed by atoms with Crippen molar-refractivity contribution in [2.24, 2.45) is 7.05 Å². The van der Waals surface area contributed by atoms with Crippen molar-refractivity contribution in [3.05, 3.63) is 71.5 Å². The van der Waals surface area contributed by atoms with Crippen molar-refractivity contribution in [1.82, 2.24) is 29.8 Å². The molecule has 148 valence electrons. The lowest BCUT2D eigenvalue weighted by Gasteiger charge is -2.12. The number of hydrogen-bond acceptors (Lipinski definition) is 6. The van der Waals surface area contributed by atoms with Crippen LogP contribution in [-0.2, 0) is 7.05 Å². The normalized spacial score (nSPS) is 11.1. The number of para-hydroxylation sites is 2. The van der Waals surface area contributed by atoms with Crippen molar-refractivity contribution < 1.29 is 4.79 Å². The Bertz CT molecular complexity index is 1350. The second-order valence-electron chi connectivity index (χ2n) is 6.76. The van der Waals surface area contributed by atoms with Gasteiger partial charge < -0.3 is 5.32 Å². The van der Waals surface area contributed by atoms with Gasteiger partial charge in [0.1, 0.15) is 0 Å². The standard InChI is InChI=1S/C21H17N7OS/c1-13-19-14(12-16(18-8-5-11-30-18)23-20(19)27(2)25-13)21(29)24-15-6-3-4-7-17(15)28-10-9-22-26-28/h3-12H,1-2H3,(H,24,29). The van der Waals surface area contributed by atoms with E-state index in [0.29, 0.717) is 16.9 Å². The zero-order valence-corrected chi connectivity index (χ0v) is 17.1. The van der Waals surface area contributed by atoms with Gasteiger partial charge in [0.2, 0.25) is 0 Å². The van der Waals surface area contributed by atoms with Gasteiger partial charge in [-0.15, -0.1) is 16.4 Å². The Balaban J connectivity index is 1.62. The number of aryl methyl sites for hydroxylation is 2. The molecule has 0 aliphatic carbocycles. The van der Waals surface area contributed by atoms with Crippen LogP contribution in [0.3, 0.4) is 0 Å². The first kappa shape index (κ1) is 18.2. The van der Waals surface area contributed by atoms with Gasteiger partial charge in [-0.25, -0.2) is 9.67 Å². The van der Waals surface area contributed by atoms with Crippen LogP contribution in [0.15, 0.2) is 60.2 Å². The van der Waals surface area contributed by atoms with Crippen molar-refractivity contribution in [2.75, 3.05) is 5.32 Å². The fourth-order valence-corrected chi connectivity index (χ4v) is 4.17. The molecule has 4 aromatic heterocycles. The second-order valence-corrected chi connectivity index (χ2v) is 7.71. The number of benzene rings is 1. The van der Waals surface area contributed by atoms with E-state index in [-0.39, 0.29) is 5.91 Å². The lowest BCUT2D eigenvalue weighted by molar-refractivity contribution is 0.102. The lowest BCUT2D eigenvalue weighted by Crippen LogP contribution is -2.15. The Morgan fingerprint density at radius 2 is 2.03 bits per heavy atom. The average molecular weight is 415 g/mol. The molecule has 9 heteroatoms. The first-order chi connectivity index (χ1) is 14.6. The molecule has 8 nitrogen and oxygen atoms in total. The molecule has 1 aromatic carbocycles. The van der Waals surface area contributed by atoms with Crippen molar-refractivity contribution in [1.29, 1.82) is 0 Å². The third-order valence-corrected chi connectivity index (χ3v) is 5.70. The molecule has 0 aliphatic rings. The van der Waals surface area contributed by atoms with E-state index in [1.54, 1.807) is 33.1 Å². The highest BCUT2D eigenvalue weighted by Gasteiger charge is 2.20. The van der Waals surface area contributed by atoms with Gasteiger partial charge in [0.25, 0.3) is 5.91 Å². The number of aromatic nitrogens is 6. The zero-order valence-electron chi connectivity index (χ0n) is 16.3. The molecule has 0 unspecified atom stereocenters. The first-order valence-electron chi connectivity index (χ1n) is 9.27. The topological polar surface area (TPSA) is 90.5 Å². The Hall–Kier alpha value is -3.85. The molecule has 4 heterocycles. The Kier molecular flexibility index (Phi) is 4.36. The number of anilines is 1. The SMILES string of the molecule is Cc1nn(C)c2nc(-c3cccs3)cc(C(=O)Nc3ccccc3-n3ccnn3)c12. The summed E-state index contributed by atoms with van der Waals surface area (Å²) in [6.45, 7) is 1.88. The first-order valence-corrected chi connectivity index (χ1v) is 10.1. The number of nitrogens with one attached hydrogen (secondary N) is 1. The third kappa shape index (κ3) is 3.05. The monoisotopic (exact) mass is 415 g/mol. The van der Waals surface area contributed by atoms with Crippen LogP contribution in [0.1, 0.15) is 16.1 Å². The van der Waals surface area contributed by atoms with Crippen LogP contribution >= 0.6 is 11.3 Å². The number of hydrogen-bond donors (Lipinski definition) is 1. The number of thiophene rings is 1. The fourth-order valence-electron chi connectivity index (χ4n) is 3.48. The smallest absolute Gasteiger partial charge is 0.256 e. The maximum absolute atomic E-state index is 13.4. The van der Waals surface area contributed by atoms with Gasteiger partial charge in [-0.05, 0) is 36.6 Å². The molecule has 0 bridgehead atoms. The number of nitrogens with zero attached hydrogens (tertiary/aromatic N) is 6. The molecule has 0 aliphatic heterocycles. The van der Waals surface area contributed by atoms with Gasteiger partial charge in [-0.3, -0.25) is 9.48 Å². The van der Waals surface area contributed by atoms with Crippen LogP contribution in [0.25, 0.3) is 27.3 Å². The molecule has 0 fully saturated rings. The van der Waals surface area contributed by atoms with Crippen LogP contribution in [0.5, 0.6) is 0 Å². The van der Waals surface area contributed by atoms with Crippen LogP contribution in [-0.4, -0.2) is 35.7 Å². The van der Waals surface area contributed by atoms with Crippen LogP contribution < -0.4 is 5.32 Å². The summed E-state index contributed by atoms with van der Waals surface area (Å²) in [7, 11) is 1.84. The van der Waals surface area contributed by atoms with E-state index in [9.17, 15) is 4.79 Å². The second kappa shape index (κ2) is 7.20. The summed E-state index contributed by atoms with van der Waals surface area (Å²) in [5.74, 6) is -0.233. The molecule has 5 aromatic rings. The van der Waals surface area contributed by atoms with Crippen LogP contribution in [0.4, 0.5) is 5.69 Å². The van der Waals surface area contributed by atoms with E-state index in [4.69, 9.17) is 4.98 Å². The summed E-state index contributed by atoms with van der Waals surface area (Å²) in [5, 5.41) is 18.1. The summed E-state index contributed by atoms with van der Waals surface area (Å²) in [5.41, 5.74) is 4.07. The summed E-state index contributed by atoms with van der Waals surface area (Å²) in [6.07, 6.45) is 3.33. The minimum atomic E-state index is -0.233. The highest BCUT2D eigenvalue weighted by Crippen LogP contribution is 2.30. The summed E-state index contributed by atoms with van der Waals surface area (Å²) < 4.78 is 3.33. The van der Waals surface area contributed by atoms with Gasteiger partial charge >= 0.3 is 0 Å². The minimum Gasteiger partial charge on any atom is -0.320 e. The zero-order chi connectivity index (χ0) is 20.7. The predicted octanol–water partition coefficient (Wildman–Crippen LogP) is 3.84. The summed E-state index contributed by atoms with van der Waals surface area (Å²) in [6, 6.07) is 13.2.